The fraction of sp³-hybridized carbons (Fsp3) is 0.455. The molecule has 0 saturated carbocycles. The topological polar surface area (TPSA) is 21.3 Å². The molecule has 2 nitrogen and oxygen atoms in total. The maximum Gasteiger partial charge on any atom is 0.125 e. The number of rotatable bonds is 2. The quantitative estimate of drug-likeness (QED) is 0.788. The van der Waals surface area contributed by atoms with Gasteiger partial charge in [-0.15, -0.1) is 11.6 Å². The van der Waals surface area contributed by atoms with Crippen LogP contribution in [0, 0.1) is 5.82 Å². The highest BCUT2D eigenvalue weighted by atomic mass is 35.5. The third kappa shape index (κ3) is 2.83. The van der Waals surface area contributed by atoms with E-state index in [9.17, 15) is 4.39 Å². The number of benzene rings is 1. The third-order valence-corrected chi connectivity index (χ3v) is 2.89. The van der Waals surface area contributed by atoms with Crippen LogP contribution in [-0.2, 0) is 4.74 Å². The van der Waals surface area contributed by atoms with Crippen molar-refractivity contribution in [2.24, 2.45) is 0 Å². The van der Waals surface area contributed by atoms with Gasteiger partial charge in [-0.25, -0.2) is 4.39 Å². The van der Waals surface area contributed by atoms with Crippen LogP contribution in [0.3, 0.4) is 0 Å². The molecule has 1 aliphatic heterocycles. The minimum absolute atomic E-state index is 0.0537. The van der Waals surface area contributed by atoms with Gasteiger partial charge in [0.05, 0.1) is 12.0 Å². The second-order valence-corrected chi connectivity index (χ2v) is 4.20. The van der Waals surface area contributed by atoms with E-state index in [0.29, 0.717) is 13.2 Å². The van der Waals surface area contributed by atoms with Crippen molar-refractivity contribution >= 4 is 17.3 Å². The van der Waals surface area contributed by atoms with Gasteiger partial charge in [0, 0.05) is 18.3 Å². The largest absolute Gasteiger partial charge is 0.381 e. The number of hydrogen-bond acceptors (Lipinski definition) is 2. The van der Waals surface area contributed by atoms with Crippen LogP contribution in [0.1, 0.15) is 6.42 Å². The average molecular weight is 230 g/mol. The molecule has 0 amide bonds. The van der Waals surface area contributed by atoms with Crippen molar-refractivity contribution in [3.05, 3.63) is 30.1 Å². The van der Waals surface area contributed by atoms with E-state index in [1.165, 1.54) is 12.1 Å². The Balaban J connectivity index is 2.01. The summed E-state index contributed by atoms with van der Waals surface area (Å²) in [6.45, 7) is 1.25. The van der Waals surface area contributed by atoms with Crippen molar-refractivity contribution in [2.45, 2.75) is 17.8 Å². The van der Waals surface area contributed by atoms with Crippen molar-refractivity contribution in [3.8, 4) is 0 Å². The van der Waals surface area contributed by atoms with E-state index in [-0.39, 0.29) is 17.2 Å². The Morgan fingerprint density at radius 3 is 3.07 bits per heavy atom. The van der Waals surface area contributed by atoms with Gasteiger partial charge in [-0.05, 0) is 24.6 Å². The molecule has 2 rings (SSSR count). The summed E-state index contributed by atoms with van der Waals surface area (Å²) in [5.41, 5.74) is 0.771. The molecule has 1 heterocycles. The van der Waals surface area contributed by atoms with Crippen LogP contribution in [-0.4, -0.2) is 24.6 Å². The summed E-state index contributed by atoms with van der Waals surface area (Å²) in [4.78, 5) is 0. The minimum Gasteiger partial charge on any atom is -0.381 e. The van der Waals surface area contributed by atoms with Crippen LogP contribution in [0.4, 0.5) is 10.1 Å². The fourth-order valence-corrected chi connectivity index (χ4v) is 1.94. The molecule has 0 spiro atoms. The van der Waals surface area contributed by atoms with Crippen molar-refractivity contribution in [3.63, 3.8) is 0 Å². The molecule has 15 heavy (non-hydrogen) atoms. The molecular weight excluding hydrogens is 217 g/mol. The lowest BCUT2D eigenvalue weighted by Gasteiger charge is -2.28. The molecule has 0 aromatic heterocycles. The molecule has 2 unspecified atom stereocenters. The summed E-state index contributed by atoms with van der Waals surface area (Å²) < 4.78 is 18.1. The van der Waals surface area contributed by atoms with Gasteiger partial charge >= 0.3 is 0 Å². The van der Waals surface area contributed by atoms with Crippen LogP contribution < -0.4 is 5.32 Å². The molecule has 1 aromatic carbocycles. The van der Waals surface area contributed by atoms with E-state index in [0.717, 1.165) is 12.1 Å². The van der Waals surface area contributed by atoms with Crippen molar-refractivity contribution in [1.29, 1.82) is 0 Å². The Morgan fingerprint density at radius 1 is 1.47 bits per heavy atom. The lowest BCUT2D eigenvalue weighted by atomic mass is 10.1. The highest BCUT2D eigenvalue weighted by molar-refractivity contribution is 6.21. The standard InChI is InChI=1S/C11H13ClFNO/c12-10-7-15-5-4-11(10)14-9-3-1-2-8(13)6-9/h1-3,6,10-11,14H,4-5,7H2. The Kier molecular flexibility index (Phi) is 3.44. The van der Waals surface area contributed by atoms with E-state index in [1.54, 1.807) is 6.07 Å². The fourth-order valence-electron chi connectivity index (χ4n) is 1.66. The maximum absolute atomic E-state index is 12.9. The summed E-state index contributed by atoms with van der Waals surface area (Å²) in [6, 6.07) is 6.57. The van der Waals surface area contributed by atoms with Gasteiger partial charge in [0.2, 0.25) is 0 Å². The zero-order chi connectivity index (χ0) is 10.7. The predicted octanol–water partition coefficient (Wildman–Crippen LogP) is 2.63. The Hall–Kier alpha value is -0.800. The lowest BCUT2D eigenvalue weighted by Crippen LogP contribution is -2.38. The van der Waals surface area contributed by atoms with Crippen LogP contribution >= 0.6 is 11.6 Å². The molecule has 1 aromatic rings. The summed E-state index contributed by atoms with van der Waals surface area (Å²) in [5.74, 6) is -0.238. The molecule has 1 fully saturated rings. The molecule has 82 valence electrons. The van der Waals surface area contributed by atoms with Crippen molar-refractivity contribution < 1.29 is 9.13 Å². The normalized spacial score (nSPS) is 26.3. The zero-order valence-corrected chi connectivity index (χ0v) is 9.01. The van der Waals surface area contributed by atoms with Gasteiger partial charge in [0.15, 0.2) is 0 Å². The first-order chi connectivity index (χ1) is 7.25. The molecule has 1 aliphatic rings. The molecule has 0 bridgehead atoms. The SMILES string of the molecule is Fc1cccc(NC2CCOCC2Cl)c1. The maximum atomic E-state index is 12.9. The molecule has 1 saturated heterocycles. The van der Waals surface area contributed by atoms with Gasteiger partial charge in [-0.1, -0.05) is 6.07 Å². The highest BCUT2D eigenvalue weighted by Crippen LogP contribution is 2.19. The Morgan fingerprint density at radius 2 is 2.33 bits per heavy atom. The lowest BCUT2D eigenvalue weighted by molar-refractivity contribution is 0.0935. The molecule has 1 N–H and O–H groups in total. The molecule has 0 aliphatic carbocycles. The molecule has 2 atom stereocenters. The van der Waals surface area contributed by atoms with E-state index >= 15 is 0 Å². The first-order valence-electron chi connectivity index (χ1n) is 4.99. The number of hydrogen-bond donors (Lipinski definition) is 1. The van der Waals surface area contributed by atoms with Crippen LogP contribution in [0.15, 0.2) is 24.3 Å². The van der Waals surface area contributed by atoms with Crippen LogP contribution in [0.5, 0.6) is 0 Å². The van der Waals surface area contributed by atoms with Gasteiger partial charge in [-0.3, -0.25) is 0 Å². The van der Waals surface area contributed by atoms with E-state index in [4.69, 9.17) is 16.3 Å². The smallest absolute Gasteiger partial charge is 0.125 e. The Labute approximate surface area is 93.4 Å². The first-order valence-corrected chi connectivity index (χ1v) is 5.43. The monoisotopic (exact) mass is 229 g/mol. The predicted molar refractivity (Wildman–Crippen MR) is 58.9 cm³/mol. The molecular formula is C11H13ClFNO. The van der Waals surface area contributed by atoms with Crippen LogP contribution in [0.2, 0.25) is 0 Å². The van der Waals surface area contributed by atoms with Gasteiger partial charge in [0.1, 0.15) is 5.82 Å². The zero-order valence-electron chi connectivity index (χ0n) is 8.25. The second kappa shape index (κ2) is 4.81. The van der Waals surface area contributed by atoms with E-state index < -0.39 is 0 Å². The summed E-state index contributed by atoms with van der Waals surface area (Å²) >= 11 is 6.09. The highest BCUT2D eigenvalue weighted by Gasteiger charge is 2.23. The number of ether oxygens (including phenoxy) is 1. The third-order valence-electron chi connectivity index (χ3n) is 2.46. The first kappa shape index (κ1) is 10.7. The van der Waals surface area contributed by atoms with E-state index in [2.05, 4.69) is 5.32 Å². The van der Waals surface area contributed by atoms with Gasteiger partial charge in [0.25, 0.3) is 0 Å². The summed E-state index contributed by atoms with van der Waals surface area (Å²) in [7, 11) is 0. The van der Waals surface area contributed by atoms with Gasteiger partial charge < -0.3 is 10.1 Å². The van der Waals surface area contributed by atoms with Crippen molar-refractivity contribution in [2.75, 3.05) is 18.5 Å². The molecule has 4 heteroatoms. The number of halogens is 2. The molecule has 0 radical (unpaired) electrons. The minimum atomic E-state index is -0.238. The second-order valence-electron chi connectivity index (χ2n) is 3.64. The van der Waals surface area contributed by atoms with Crippen molar-refractivity contribution in [1.82, 2.24) is 0 Å². The van der Waals surface area contributed by atoms with Crippen LogP contribution in [0.25, 0.3) is 0 Å². The number of alkyl halides is 1. The summed E-state index contributed by atoms with van der Waals surface area (Å²) in [5, 5.41) is 3.17. The van der Waals surface area contributed by atoms with E-state index in [1.807, 2.05) is 6.07 Å². The average Bonchev–Trinajstić information content (AvgIpc) is 2.22. The Bertz CT molecular complexity index is 334. The number of anilines is 1. The summed E-state index contributed by atoms with van der Waals surface area (Å²) in [6.07, 6.45) is 0.852. The van der Waals surface area contributed by atoms with Gasteiger partial charge in [-0.2, -0.15) is 0 Å². The number of nitrogens with one attached hydrogen (secondary N) is 1.